The number of aryl methyl sites for hydroxylation is 1. The van der Waals surface area contributed by atoms with Crippen molar-refractivity contribution in [3.05, 3.63) is 76.6 Å². The minimum absolute atomic E-state index is 0.101. The number of nitrogens with one attached hydrogen (secondary N) is 1. The predicted molar refractivity (Wildman–Crippen MR) is 98.4 cm³/mol. The highest BCUT2D eigenvalue weighted by atomic mass is 19.1. The van der Waals surface area contributed by atoms with E-state index in [2.05, 4.69) is 10.3 Å². The Morgan fingerprint density at radius 3 is 2.73 bits per heavy atom. The Hall–Kier alpha value is -3.02. The first kappa shape index (κ1) is 17.8. The van der Waals surface area contributed by atoms with Gasteiger partial charge in [0.05, 0.1) is 17.2 Å². The molecule has 0 aliphatic carbocycles. The molecule has 134 valence electrons. The monoisotopic (exact) mass is 353 g/mol. The van der Waals surface area contributed by atoms with Gasteiger partial charge in [0.1, 0.15) is 5.82 Å². The number of halogens is 1. The van der Waals surface area contributed by atoms with Crippen LogP contribution in [0.15, 0.2) is 59.7 Å². The maximum Gasteiger partial charge on any atom is 0.261 e. The summed E-state index contributed by atoms with van der Waals surface area (Å²) in [6.45, 7) is 0.814. The molecule has 5 nitrogen and oxygen atoms in total. The largest absolute Gasteiger partial charge is 0.356 e. The summed E-state index contributed by atoms with van der Waals surface area (Å²) in [5, 5.41) is 3.35. The van der Waals surface area contributed by atoms with Gasteiger partial charge in [-0.15, -0.1) is 0 Å². The Bertz CT molecular complexity index is 968. The van der Waals surface area contributed by atoms with Crippen LogP contribution in [0.4, 0.5) is 4.39 Å². The average Bonchev–Trinajstić information content (AvgIpc) is 2.65. The Balaban J connectivity index is 1.46. The van der Waals surface area contributed by atoms with Gasteiger partial charge in [-0.1, -0.05) is 30.3 Å². The van der Waals surface area contributed by atoms with Gasteiger partial charge in [0.15, 0.2) is 0 Å². The summed E-state index contributed by atoms with van der Waals surface area (Å²) < 4.78 is 15.0. The van der Waals surface area contributed by atoms with Crippen molar-refractivity contribution in [2.24, 2.45) is 0 Å². The molecule has 1 amide bonds. The van der Waals surface area contributed by atoms with E-state index in [1.165, 1.54) is 17.0 Å². The predicted octanol–water partition coefficient (Wildman–Crippen LogP) is 2.67. The number of benzene rings is 2. The summed E-state index contributed by atoms with van der Waals surface area (Å²) in [5.41, 5.74) is 1.15. The van der Waals surface area contributed by atoms with Gasteiger partial charge in [0, 0.05) is 19.5 Å². The van der Waals surface area contributed by atoms with E-state index in [4.69, 9.17) is 0 Å². The van der Waals surface area contributed by atoms with Gasteiger partial charge in [0.25, 0.3) is 5.56 Å². The van der Waals surface area contributed by atoms with Crippen LogP contribution in [0.25, 0.3) is 10.9 Å². The normalized spacial score (nSPS) is 10.8. The van der Waals surface area contributed by atoms with Crippen LogP contribution < -0.4 is 10.9 Å². The lowest BCUT2D eigenvalue weighted by Gasteiger charge is -2.08. The minimum atomic E-state index is -0.259. The Labute approximate surface area is 150 Å². The molecule has 0 aliphatic heterocycles. The van der Waals surface area contributed by atoms with Crippen molar-refractivity contribution in [1.82, 2.24) is 14.9 Å². The molecule has 0 fully saturated rings. The van der Waals surface area contributed by atoms with E-state index in [1.54, 1.807) is 36.4 Å². The van der Waals surface area contributed by atoms with Crippen LogP contribution in [0.3, 0.4) is 0 Å². The molecule has 1 heterocycles. The molecular formula is C20H20FN3O2. The molecule has 0 radical (unpaired) electrons. The summed E-state index contributed by atoms with van der Waals surface area (Å²) in [6, 6.07) is 13.7. The molecule has 1 N–H and O–H groups in total. The number of fused-ring (bicyclic) bond motifs is 1. The number of para-hydroxylation sites is 1. The smallest absolute Gasteiger partial charge is 0.261 e. The lowest BCUT2D eigenvalue weighted by molar-refractivity contribution is -0.121. The van der Waals surface area contributed by atoms with E-state index in [0.717, 1.165) is 0 Å². The molecular weight excluding hydrogens is 333 g/mol. The zero-order valence-electron chi connectivity index (χ0n) is 14.3. The van der Waals surface area contributed by atoms with Crippen LogP contribution >= 0.6 is 0 Å². The number of carbonyl (C=O) groups is 1. The molecule has 0 bridgehead atoms. The van der Waals surface area contributed by atoms with Crippen molar-refractivity contribution in [2.45, 2.75) is 25.8 Å². The topological polar surface area (TPSA) is 64.0 Å². The van der Waals surface area contributed by atoms with Crippen molar-refractivity contribution in [3.63, 3.8) is 0 Å². The second-order valence-corrected chi connectivity index (χ2v) is 6.06. The van der Waals surface area contributed by atoms with E-state index in [-0.39, 0.29) is 17.3 Å². The van der Waals surface area contributed by atoms with E-state index in [1.807, 2.05) is 6.07 Å². The van der Waals surface area contributed by atoms with Gasteiger partial charge in [-0.05, 0) is 36.6 Å². The van der Waals surface area contributed by atoms with Crippen LogP contribution in [0.1, 0.15) is 18.4 Å². The average molecular weight is 353 g/mol. The third-order valence-corrected chi connectivity index (χ3v) is 4.21. The fraction of sp³-hybridized carbons (Fsp3) is 0.250. The Morgan fingerprint density at radius 2 is 1.88 bits per heavy atom. The van der Waals surface area contributed by atoms with Crippen LogP contribution in [0.5, 0.6) is 0 Å². The number of hydrogen-bond acceptors (Lipinski definition) is 3. The third kappa shape index (κ3) is 4.33. The van der Waals surface area contributed by atoms with Gasteiger partial charge in [-0.3, -0.25) is 14.2 Å². The van der Waals surface area contributed by atoms with Crippen molar-refractivity contribution < 1.29 is 9.18 Å². The van der Waals surface area contributed by atoms with Crippen molar-refractivity contribution in [2.75, 3.05) is 6.54 Å². The van der Waals surface area contributed by atoms with E-state index in [9.17, 15) is 14.0 Å². The number of nitrogens with zero attached hydrogens (tertiary/aromatic N) is 2. The molecule has 0 aliphatic rings. The maximum absolute atomic E-state index is 13.5. The van der Waals surface area contributed by atoms with Crippen LogP contribution in [-0.4, -0.2) is 22.0 Å². The first-order valence-electron chi connectivity index (χ1n) is 8.59. The number of rotatable bonds is 7. The summed E-state index contributed by atoms with van der Waals surface area (Å²) in [6.07, 6.45) is 2.80. The quantitative estimate of drug-likeness (QED) is 0.710. The fourth-order valence-electron chi connectivity index (χ4n) is 2.80. The molecule has 0 saturated carbocycles. The molecule has 26 heavy (non-hydrogen) atoms. The summed E-state index contributed by atoms with van der Waals surface area (Å²) >= 11 is 0. The van der Waals surface area contributed by atoms with E-state index in [0.29, 0.717) is 48.8 Å². The van der Waals surface area contributed by atoms with Gasteiger partial charge in [0.2, 0.25) is 5.91 Å². The van der Waals surface area contributed by atoms with Gasteiger partial charge >= 0.3 is 0 Å². The van der Waals surface area contributed by atoms with Crippen LogP contribution in [0, 0.1) is 5.82 Å². The third-order valence-electron chi connectivity index (χ3n) is 4.21. The molecule has 0 atom stereocenters. The lowest BCUT2D eigenvalue weighted by Crippen LogP contribution is -2.27. The van der Waals surface area contributed by atoms with Crippen LogP contribution in [0.2, 0.25) is 0 Å². The molecule has 3 aromatic rings. The molecule has 0 spiro atoms. The second-order valence-electron chi connectivity index (χ2n) is 6.06. The SMILES string of the molecule is O=C(CCCn1cnc2ccccc2c1=O)NCCc1ccccc1F. The van der Waals surface area contributed by atoms with Gasteiger partial charge < -0.3 is 5.32 Å². The van der Waals surface area contributed by atoms with Gasteiger partial charge in [-0.2, -0.15) is 0 Å². The zero-order chi connectivity index (χ0) is 18.4. The molecule has 3 rings (SSSR count). The number of hydrogen-bond donors (Lipinski definition) is 1. The molecule has 1 aromatic heterocycles. The first-order valence-corrected chi connectivity index (χ1v) is 8.59. The fourth-order valence-corrected chi connectivity index (χ4v) is 2.80. The molecule has 0 saturated heterocycles. The van der Waals surface area contributed by atoms with Crippen LogP contribution in [-0.2, 0) is 17.8 Å². The Morgan fingerprint density at radius 1 is 1.12 bits per heavy atom. The number of carbonyl (C=O) groups excluding carboxylic acids is 1. The summed E-state index contributed by atoms with van der Waals surface area (Å²) in [7, 11) is 0. The van der Waals surface area contributed by atoms with Gasteiger partial charge in [-0.25, -0.2) is 9.37 Å². The standard InChI is InChI=1S/C20H20FN3O2/c21-17-8-3-1-6-15(17)11-12-22-19(25)10-5-13-24-14-23-18-9-4-2-7-16(18)20(24)26/h1-4,6-9,14H,5,10-13H2,(H,22,25). The maximum atomic E-state index is 13.5. The number of amides is 1. The minimum Gasteiger partial charge on any atom is -0.356 e. The lowest BCUT2D eigenvalue weighted by atomic mass is 10.1. The van der Waals surface area contributed by atoms with Crippen molar-refractivity contribution in [3.8, 4) is 0 Å². The highest BCUT2D eigenvalue weighted by Gasteiger charge is 2.06. The molecule has 2 aromatic carbocycles. The van der Waals surface area contributed by atoms with Crippen molar-refractivity contribution in [1.29, 1.82) is 0 Å². The molecule has 0 unspecified atom stereocenters. The second kappa shape index (κ2) is 8.38. The van der Waals surface area contributed by atoms with Crippen molar-refractivity contribution >= 4 is 16.8 Å². The zero-order valence-corrected chi connectivity index (χ0v) is 14.3. The summed E-state index contributed by atoms with van der Waals surface area (Å²) in [4.78, 5) is 28.5. The molecule has 6 heteroatoms. The summed E-state index contributed by atoms with van der Waals surface area (Å²) in [5.74, 6) is -0.368. The highest BCUT2D eigenvalue weighted by Crippen LogP contribution is 2.07. The van der Waals surface area contributed by atoms with E-state index >= 15 is 0 Å². The highest BCUT2D eigenvalue weighted by molar-refractivity contribution is 5.77. The number of aromatic nitrogens is 2. The van der Waals surface area contributed by atoms with E-state index < -0.39 is 0 Å². The first-order chi connectivity index (χ1) is 12.6. The Kier molecular flexibility index (Phi) is 5.73.